The molecule has 3 heteroatoms. The fourth-order valence-corrected chi connectivity index (χ4v) is 3.81. The first kappa shape index (κ1) is 14.2. The summed E-state index contributed by atoms with van der Waals surface area (Å²) in [4.78, 5) is 0. The van der Waals surface area contributed by atoms with Crippen molar-refractivity contribution >= 4 is 11.6 Å². The lowest BCUT2D eigenvalue weighted by atomic mass is 9.98. The van der Waals surface area contributed by atoms with Crippen LogP contribution in [-0.2, 0) is 10.6 Å². The SMILES string of the molecule is Cc1cccc(CCl)c1OCC1CCC2(CCCC2)O1. The smallest absolute Gasteiger partial charge is 0.126 e. The standard InChI is InChI=1S/C17H23ClO2/c1-13-5-4-6-14(11-18)16(13)19-12-15-7-10-17(20-15)8-2-3-9-17/h4-6,15H,2-3,7-12H2,1H3. The summed E-state index contributed by atoms with van der Waals surface area (Å²) < 4.78 is 12.3. The van der Waals surface area contributed by atoms with E-state index >= 15 is 0 Å². The lowest BCUT2D eigenvalue weighted by Crippen LogP contribution is -2.27. The van der Waals surface area contributed by atoms with Crippen LogP contribution in [0.25, 0.3) is 0 Å². The molecule has 0 N–H and O–H groups in total. The Hall–Kier alpha value is -0.730. The van der Waals surface area contributed by atoms with Crippen LogP contribution < -0.4 is 4.74 Å². The minimum Gasteiger partial charge on any atom is -0.490 e. The fourth-order valence-electron chi connectivity index (χ4n) is 3.60. The number of rotatable bonds is 4. The molecule has 1 saturated heterocycles. The van der Waals surface area contributed by atoms with E-state index in [-0.39, 0.29) is 11.7 Å². The van der Waals surface area contributed by atoms with E-state index in [0.717, 1.165) is 23.3 Å². The number of alkyl halides is 1. The van der Waals surface area contributed by atoms with Crippen LogP contribution in [0, 0.1) is 6.92 Å². The summed E-state index contributed by atoms with van der Waals surface area (Å²) in [6.07, 6.45) is 7.69. The van der Waals surface area contributed by atoms with Crippen LogP contribution in [0.15, 0.2) is 18.2 Å². The third-order valence-corrected chi connectivity index (χ3v) is 4.99. The first-order chi connectivity index (χ1) is 9.72. The number of ether oxygens (including phenoxy) is 2. The van der Waals surface area contributed by atoms with Gasteiger partial charge in [-0.2, -0.15) is 0 Å². The van der Waals surface area contributed by atoms with Gasteiger partial charge in [0.05, 0.1) is 17.6 Å². The molecule has 1 atom stereocenters. The van der Waals surface area contributed by atoms with E-state index in [0.29, 0.717) is 12.5 Å². The molecule has 2 fully saturated rings. The molecule has 1 aromatic carbocycles. The van der Waals surface area contributed by atoms with Crippen molar-refractivity contribution in [2.75, 3.05) is 6.61 Å². The van der Waals surface area contributed by atoms with E-state index in [9.17, 15) is 0 Å². The van der Waals surface area contributed by atoms with Gasteiger partial charge in [-0.3, -0.25) is 0 Å². The first-order valence-corrected chi connectivity index (χ1v) is 8.21. The highest BCUT2D eigenvalue weighted by Crippen LogP contribution is 2.43. The minimum atomic E-state index is 0.190. The summed E-state index contributed by atoms with van der Waals surface area (Å²) >= 11 is 5.99. The second kappa shape index (κ2) is 5.95. The Morgan fingerprint density at radius 3 is 2.85 bits per heavy atom. The van der Waals surface area contributed by atoms with E-state index in [1.54, 1.807) is 0 Å². The monoisotopic (exact) mass is 294 g/mol. The van der Waals surface area contributed by atoms with Crippen LogP contribution in [-0.4, -0.2) is 18.3 Å². The summed E-state index contributed by atoms with van der Waals surface area (Å²) in [6.45, 7) is 2.72. The molecule has 1 heterocycles. The normalized spacial score (nSPS) is 24.4. The number of hydrogen-bond donors (Lipinski definition) is 0. The van der Waals surface area contributed by atoms with Crippen molar-refractivity contribution in [2.45, 2.75) is 63.0 Å². The van der Waals surface area contributed by atoms with Gasteiger partial charge >= 0.3 is 0 Å². The lowest BCUT2D eigenvalue weighted by molar-refractivity contribution is -0.0510. The molecular formula is C17H23ClO2. The van der Waals surface area contributed by atoms with Crippen LogP contribution in [0.3, 0.4) is 0 Å². The van der Waals surface area contributed by atoms with E-state index in [4.69, 9.17) is 21.1 Å². The Morgan fingerprint density at radius 2 is 2.10 bits per heavy atom. The van der Waals surface area contributed by atoms with E-state index in [1.807, 2.05) is 12.1 Å². The van der Waals surface area contributed by atoms with Crippen LogP contribution in [0.4, 0.5) is 0 Å². The van der Waals surface area contributed by atoms with Gasteiger partial charge in [-0.05, 0) is 38.2 Å². The Labute approximate surface area is 126 Å². The van der Waals surface area contributed by atoms with Gasteiger partial charge in [0, 0.05) is 5.56 Å². The molecule has 1 unspecified atom stereocenters. The largest absolute Gasteiger partial charge is 0.490 e. The molecular weight excluding hydrogens is 272 g/mol. The van der Waals surface area contributed by atoms with Gasteiger partial charge in [-0.25, -0.2) is 0 Å². The Balaban J connectivity index is 1.60. The van der Waals surface area contributed by atoms with Gasteiger partial charge in [0.15, 0.2) is 0 Å². The molecule has 0 radical (unpaired) electrons. The average molecular weight is 295 g/mol. The third-order valence-electron chi connectivity index (χ3n) is 4.70. The van der Waals surface area contributed by atoms with E-state index < -0.39 is 0 Å². The first-order valence-electron chi connectivity index (χ1n) is 7.67. The molecule has 3 rings (SSSR count). The average Bonchev–Trinajstić information content (AvgIpc) is 3.08. The quantitative estimate of drug-likeness (QED) is 0.755. The molecule has 0 amide bonds. The number of hydrogen-bond acceptors (Lipinski definition) is 2. The van der Waals surface area contributed by atoms with Gasteiger partial charge in [-0.15, -0.1) is 11.6 Å². The second-order valence-corrected chi connectivity index (χ2v) is 6.44. The van der Waals surface area contributed by atoms with Crippen LogP contribution in [0.5, 0.6) is 5.75 Å². The number of benzene rings is 1. The van der Waals surface area contributed by atoms with Crippen molar-refractivity contribution in [1.82, 2.24) is 0 Å². The highest BCUT2D eigenvalue weighted by atomic mass is 35.5. The predicted octanol–water partition coefficient (Wildman–Crippen LogP) is 4.60. The van der Waals surface area contributed by atoms with Crippen molar-refractivity contribution in [1.29, 1.82) is 0 Å². The molecule has 2 aliphatic rings. The molecule has 1 aliphatic heterocycles. The second-order valence-electron chi connectivity index (χ2n) is 6.18. The molecule has 0 bridgehead atoms. The van der Waals surface area contributed by atoms with Crippen molar-refractivity contribution in [3.05, 3.63) is 29.3 Å². The molecule has 1 saturated carbocycles. The molecule has 0 aromatic heterocycles. The van der Waals surface area contributed by atoms with Crippen molar-refractivity contribution < 1.29 is 9.47 Å². The van der Waals surface area contributed by atoms with E-state index in [2.05, 4.69) is 13.0 Å². The molecule has 1 aromatic rings. The van der Waals surface area contributed by atoms with E-state index in [1.165, 1.54) is 32.1 Å². The Kier molecular flexibility index (Phi) is 4.23. The van der Waals surface area contributed by atoms with Crippen LogP contribution in [0.1, 0.15) is 49.7 Å². The maximum Gasteiger partial charge on any atom is 0.126 e. The van der Waals surface area contributed by atoms with Crippen LogP contribution in [0.2, 0.25) is 0 Å². The Morgan fingerprint density at radius 1 is 1.30 bits per heavy atom. The fraction of sp³-hybridized carbons (Fsp3) is 0.647. The highest BCUT2D eigenvalue weighted by molar-refractivity contribution is 6.17. The lowest BCUT2D eigenvalue weighted by Gasteiger charge is -2.24. The summed E-state index contributed by atoms with van der Waals surface area (Å²) in [5, 5.41) is 0. The molecule has 1 aliphatic carbocycles. The van der Waals surface area contributed by atoms with Gasteiger partial charge in [0.1, 0.15) is 12.4 Å². The maximum absolute atomic E-state index is 6.29. The number of para-hydroxylation sites is 1. The molecule has 110 valence electrons. The summed E-state index contributed by atoms with van der Waals surface area (Å²) in [7, 11) is 0. The molecule has 2 nitrogen and oxygen atoms in total. The number of halogens is 1. The topological polar surface area (TPSA) is 18.5 Å². The maximum atomic E-state index is 6.29. The Bertz CT molecular complexity index is 466. The highest BCUT2D eigenvalue weighted by Gasteiger charge is 2.42. The molecule has 20 heavy (non-hydrogen) atoms. The van der Waals surface area contributed by atoms with Gasteiger partial charge < -0.3 is 9.47 Å². The van der Waals surface area contributed by atoms with Gasteiger partial charge in [0.2, 0.25) is 0 Å². The van der Waals surface area contributed by atoms with Crippen molar-refractivity contribution in [3.8, 4) is 5.75 Å². The summed E-state index contributed by atoms with van der Waals surface area (Å²) in [5.74, 6) is 1.44. The van der Waals surface area contributed by atoms with Gasteiger partial charge in [-0.1, -0.05) is 31.0 Å². The minimum absolute atomic E-state index is 0.190. The number of aryl methyl sites for hydroxylation is 1. The molecule has 1 spiro atoms. The zero-order valence-electron chi connectivity index (χ0n) is 12.2. The third kappa shape index (κ3) is 2.82. The van der Waals surface area contributed by atoms with Crippen molar-refractivity contribution in [3.63, 3.8) is 0 Å². The van der Waals surface area contributed by atoms with Crippen molar-refractivity contribution in [2.24, 2.45) is 0 Å². The van der Waals surface area contributed by atoms with Crippen LogP contribution >= 0.6 is 11.6 Å². The zero-order valence-corrected chi connectivity index (χ0v) is 12.9. The summed E-state index contributed by atoms with van der Waals surface area (Å²) in [6, 6.07) is 6.13. The predicted molar refractivity (Wildman–Crippen MR) is 81.5 cm³/mol. The summed E-state index contributed by atoms with van der Waals surface area (Å²) in [5.41, 5.74) is 2.41. The van der Waals surface area contributed by atoms with Gasteiger partial charge in [0.25, 0.3) is 0 Å². The zero-order chi connectivity index (χ0) is 14.0.